The number of hydrogen-bond donors (Lipinski definition) is 3. The van der Waals surface area contributed by atoms with Gasteiger partial charge in [0.15, 0.2) is 0 Å². The van der Waals surface area contributed by atoms with Gasteiger partial charge in [-0.2, -0.15) is 4.98 Å². The number of nitrogens with zero attached hydrogens (tertiary/aromatic N) is 4. The minimum absolute atomic E-state index is 0.153. The van der Waals surface area contributed by atoms with Crippen molar-refractivity contribution in [1.82, 2.24) is 14.9 Å². The molecule has 230 valence electrons. The molecule has 11 nitrogen and oxygen atoms in total. The molecule has 1 aliphatic heterocycles. The minimum Gasteiger partial charge on any atom is -0.396 e. The lowest BCUT2D eigenvalue weighted by Gasteiger charge is -2.27. The van der Waals surface area contributed by atoms with Crippen molar-refractivity contribution in [3.63, 3.8) is 0 Å². The van der Waals surface area contributed by atoms with Gasteiger partial charge in [0, 0.05) is 19.7 Å². The molecular weight excluding hydrogens is 572 g/mol. The van der Waals surface area contributed by atoms with Crippen LogP contribution >= 0.6 is 0 Å². The van der Waals surface area contributed by atoms with Crippen LogP contribution in [-0.4, -0.2) is 49.9 Å². The first-order chi connectivity index (χ1) is 21.9. The molecule has 0 radical (unpaired) electrons. The van der Waals surface area contributed by atoms with Crippen molar-refractivity contribution >= 4 is 29.3 Å². The summed E-state index contributed by atoms with van der Waals surface area (Å²) in [5, 5.41) is 27.4. The summed E-state index contributed by atoms with van der Waals surface area (Å²) < 4.78 is 0. The summed E-state index contributed by atoms with van der Waals surface area (Å²) in [6, 6.07) is 22.4. The van der Waals surface area contributed by atoms with Crippen molar-refractivity contribution < 1.29 is 19.6 Å². The van der Waals surface area contributed by atoms with Crippen LogP contribution in [0.3, 0.4) is 0 Å². The zero-order valence-electron chi connectivity index (χ0n) is 24.7. The number of rotatable bonds is 11. The van der Waals surface area contributed by atoms with Crippen LogP contribution in [0.25, 0.3) is 11.1 Å². The smallest absolute Gasteiger partial charge is 0.329 e. The Morgan fingerprint density at radius 3 is 2.22 bits per heavy atom. The van der Waals surface area contributed by atoms with E-state index in [-0.39, 0.29) is 42.4 Å². The van der Waals surface area contributed by atoms with E-state index in [0.717, 1.165) is 47.9 Å². The number of carbonyl (C=O) groups is 2. The van der Waals surface area contributed by atoms with Crippen LogP contribution in [0, 0.1) is 22.0 Å². The molecule has 1 aliphatic carbocycles. The Morgan fingerprint density at radius 1 is 0.867 bits per heavy atom. The lowest BCUT2D eigenvalue weighted by Crippen LogP contribution is -2.29. The first-order valence-corrected chi connectivity index (χ1v) is 15.1. The van der Waals surface area contributed by atoms with Gasteiger partial charge in [0.1, 0.15) is 6.20 Å². The van der Waals surface area contributed by atoms with Crippen molar-refractivity contribution in [2.24, 2.45) is 11.8 Å². The summed E-state index contributed by atoms with van der Waals surface area (Å²) in [6.07, 6.45) is 5.04. The van der Waals surface area contributed by atoms with Gasteiger partial charge in [-0.25, -0.2) is 4.98 Å². The summed E-state index contributed by atoms with van der Waals surface area (Å²) in [4.78, 5) is 47.0. The van der Waals surface area contributed by atoms with Gasteiger partial charge in [-0.1, -0.05) is 54.6 Å². The SMILES string of the molecule is O=C1c2ccccc2C(=O)N1Cc1ccccc1-c1cccc(CNc2ncc([N+](=O)[O-])c(NCC3CCC(CO)CC3)n2)c1. The molecule has 4 aromatic rings. The second-order valence-corrected chi connectivity index (χ2v) is 11.6. The number of aliphatic hydroxyl groups excluding tert-OH is 1. The second kappa shape index (κ2) is 13.2. The van der Waals surface area contributed by atoms with Crippen molar-refractivity contribution in [2.75, 3.05) is 23.8 Å². The Morgan fingerprint density at radius 2 is 1.53 bits per heavy atom. The van der Waals surface area contributed by atoms with Gasteiger partial charge in [-0.3, -0.25) is 24.6 Å². The standard InChI is InChI=1S/C34H34N6O5/c41-21-23-14-12-22(13-15-23)17-35-31-30(40(44)45)19-37-34(38-31)36-18-24-6-5-8-25(16-24)27-9-2-1-7-26(27)20-39-32(42)28-10-3-4-11-29(28)33(39)43/h1-11,16,19,22-23,41H,12-15,17-18,20-21H2,(H2,35,36,37,38). The summed E-state index contributed by atoms with van der Waals surface area (Å²) in [5.41, 5.74) is 4.26. The van der Waals surface area contributed by atoms with Crippen LogP contribution in [0.4, 0.5) is 17.5 Å². The molecule has 45 heavy (non-hydrogen) atoms. The Hall–Kier alpha value is -5.16. The van der Waals surface area contributed by atoms with Gasteiger partial charge in [0.25, 0.3) is 11.8 Å². The maximum Gasteiger partial charge on any atom is 0.329 e. The number of aromatic nitrogens is 2. The summed E-state index contributed by atoms with van der Waals surface area (Å²) in [7, 11) is 0. The first-order valence-electron chi connectivity index (χ1n) is 15.1. The third-order valence-corrected chi connectivity index (χ3v) is 8.66. The first kappa shape index (κ1) is 29.9. The van der Waals surface area contributed by atoms with Crippen LogP contribution in [-0.2, 0) is 13.1 Å². The van der Waals surface area contributed by atoms with E-state index < -0.39 is 4.92 Å². The van der Waals surface area contributed by atoms with E-state index in [4.69, 9.17) is 0 Å². The fraction of sp³-hybridized carbons (Fsp3) is 0.294. The minimum atomic E-state index is -0.488. The zero-order chi connectivity index (χ0) is 31.3. The number of aliphatic hydroxyl groups is 1. The van der Waals surface area contributed by atoms with E-state index in [0.29, 0.717) is 36.1 Å². The molecule has 0 saturated heterocycles. The van der Waals surface area contributed by atoms with Crippen molar-refractivity contribution in [3.05, 3.63) is 111 Å². The van der Waals surface area contributed by atoms with E-state index in [1.165, 1.54) is 11.1 Å². The predicted octanol–water partition coefficient (Wildman–Crippen LogP) is 5.67. The molecular formula is C34H34N6O5. The molecule has 2 amide bonds. The van der Waals surface area contributed by atoms with E-state index in [1.807, 2.05) is 48.5 Å². The number of anilines is 2. The number of nitrogens with one attached hydrogen (secondary N) is 2. The van der Waals surface area contributed by atoms with Crippen LogP contribution in [0.2, 0.25) is 0 Å². The number of amides is 2. The average Bonchev–Trinajstić information content (AvgIpc) is 3.31. The van der Waals surface area contributed by atoms with Crippen LogP contribution in [0.5, 0.6) is 0 Å². The molecule has 3 N–H and O–H groups in total. The molecule has 2 heterocycles. The maximum absolute atomic E-state index is 13.0. The van der Waals surface area contributed by atoms with Crippen molar-refractivity contribution in [3.8, 4) is 11.1 Å². The fourth-order valence-electron chi connectivity index (χ4n) is 6.11. The number of carbonyl (C=O) groups excluding carboxylic acids is 2. The second-order valence-electron chi connectivity index (χ2n) is 11.6. The third kappa shape index (κ3) is 6.53. The molecule has 0 unspecified atom stereocenters. The van der Waals surface area contributed by atoms with Crippen LogP contribution in [0.1, 0.15) is 57.5 Å². The lowest BCUT2D eigenvalue weighted by atomic mass is 9.82. The molecule has 11 heteroatoms. The molecule has 0 spiro atoms. The molecule has 1 fully saturated rings. The van der Waals surface area contributed by atoms with E-state index in [1.54, 1.807) is 24.3 Å². The van der Waals surface area contributed by atoms with Gasteiger partial charge in [-0.15, -0.1) is 0 Å². The highest BCUT2D eigenvalue weighted by Crippen LogP contribution is 2.31. The predicted molar refractivity (Wildman–Crippen MR) is 170 cm³/mol. The number of nitro groups is 1. The van der Waals surface area contributed by atoms with E-state index in [9.17, 15) is 24.8 Å². The monoisotopic (exact) mass is 606 g/mol. The third-order valence-electron chi connectivity index (χ3n) is 8.66. The zero-order valence-corrected chi connectivity index (χ0v) is 24.7. The van der Waals surface area contributed by atoms with Gasteiger partial charge in [-0.05, 0) is 78.0 Å². The quantitative estimate of drug-likeness (QED) is 0.111. The Labute approximate surface area is 260 Å². The summed E-state index contributed by atoms with van der Waals surface area (Å²) in [6.45, 7) is 1.30. The van der Waals surface area contributed by atoms with Crippen molar-refractivity contribution in [1.29, 1.82) is 0 Å². The Balaban J connectivity index is 1.14. The van der Waals surface area contributed by atoms with Gasteiger partial charge in [0.2, 0.25) is 11.8 Å². The summed E-state index contributed by atoms with van der Waals surface area (Å²) in [5.74, 6) is 0.556. The van der Waals surface area contributed by atoms with Crippen LogP contribution < -0.4 is 10.6 Å². The number of benzene rings is 3. The van der Waals surface area contributed by atoms with Crippen LogP contribution in [0.15, 0.2) is 79.0 Å². The lowest BCUT2D eigenvalue weighted by molar-refractivity contribution is -0.384. The molecule has 6 rings (SSSR count). The number of fused-ring (bicyclic) bond motifs is 1. The molecule has 2 aliphatic rings. The Kier molecular flexibility index (Phi) is 8.79. The van der Waals surface area contributed by atoms with Gasteiger partial charge >= 0.3 is 5.69 Å². The van der Waals surface area contributed by atoms with E-state index >= 15 is 0 Å². The highest BCUT2D eigenvalue weighted by molar-refractivity contribution is 6.21. The van der Waals surface area contributed by atoms with Crippen molar-refractivity contribution in [2.45, 2.75) is 38.8 Å². The van der Waals surface area contributed by atoms with Gasteiger partial charge in [0.05, 0.1) is 22.6 Å². The summed E-state index contributed by atoms with van der Waals surface area (Å²) >= 11 is 0. The van der Waals surface area contributed by atoms with Gasteiger partial charge < -0.3 is 15.7 Å². The maximum atomic E-state index is 13.0. The molecule has 3 aromatic carbocycles. The highest BCUT2D eigenvalue weighted by atomic mass is 16.6. The van der Waals surface area contributed by atoms with E-state index in [2.05, 4.69) is 20.6 Å². The largest absolute Gasteiger partial charge is 0.396 e. The topological polar surface area (TPSA) is 151 Å². The molecule has 0 atom stereocenters. The average molecular weight is 607 g/mol. The number of hydrogen-bond acceptors (Lipinski definition) is 9. The Bertz CT molecular complexity index is 1700. The fourth-order valence-corrected chi connectivity index (χ4v) is 6.11. The molecule has 1 saturated carbocycles. The number of imide groups is 1. The molecule has 0 bridgehead atoms. The highest BCUT2D eigenvalue weighted by Gasteiger charge is 2.35. The molecule has 1 aromatic heterocycles. The normalized spacial score (nSPS) is 17.7.